The van der Waals surface area contributed by atoms with Gasteiger partial charge in [-0.1, -0.05) is 31.4 Å². The number of aryl methyl sites for hydroxylation is 1. The van der Waals surface area contributed by atoms with E-state index in [2.05, 4.69) is 10.3 Å². The maximum atomic E-state index is 12.2. The number of hydrogen-bond donors (Lipinski definition) is 1. The van der Waals surface area contributed by atoms with Gasteiger partial charge in [0.05, 0.1) is 5.69 Å². The van der Waals surface area contributed by atoms with Crippen LogP contribution in [-0.2, 0) is 4.79 Å². The maximum Gasteiger partial charge on any atom is 0.230 e. The van der Waals surface area contributed by atoms with E-state index in [1.807, 2.05) is 19.9 Å². The highest BCUT2D eigenvalue weighted by atomic mass is 35.5. The van der Waals surface area contributed by atoms with E-state index in [1.54, 1.807) is 6.20 Å². The highest BCUT2D eigenvalue weighted by molar-refractivity contribution is 6.32. The lowest BCUT2D eigenvalue weighted by molar-refractivity contribution is -0.124. The van der Waals surface area contributed by atoms with E-state index in [9.17, 15) is 4.79 Å². The summed E-state index contributed by atoms with van der Waals surface area (Å²) in [5.74, 6) is 0.0595. The number of carbonyl (C=O) groups excluding carboxylic acids is 1. The number of carbonyl (C=O) groups is 1. The van der Waals surface area contributed by atoms with Crippen molar-refractivity contribution in [1.82, 2.24) is 4.98 Å². The summed E-state index contributed by atoms with van der Waals surface area (Å²) >= 11 is 5.97. The van der Waals surface area contributed by atoms with Crippen LogP contribution in [0.15, 0.2) is 12.3 Å². The topological polar surface area (TPSA) is 42.0 Å². The van der Waals surface area contributed by atoms with Crippen molar-refractivity contribution < 1.29 is 4.79 Å². The Hall–Kier alpha value is -1.09. The van der Waals surface area contributed by atoms with Gasteiger partial charge in [-0.15, -0.1) is 0 Å². The summed E-state index contributed by atoms with van der Waals surface area (Å²) in [5.41, 5.74) is 1.36. The maximum absolute atomic E-state index is 12.2. The highest BCUT2D eigenvalue weighted by Crippen LogP contribution is 2.38. The molecule has 0 radical (unpaired) electrons. The molecule has 92 valence electrons. The van der Waals surface area contributed by atoms with E-state index >= 15 is 0 Å². The van der Waals surface area contributed by atoms with E-state index in [-0.39, 0.29) is 11.3 Å². The van der Waals surface area contributed by atoms with Gasteiger partial charge >= 0.3 is 0 Å². The van der Waals surface area contributed by atoms with Crippen LogP contribution in [0, 0.1) is 12.3 Å². The summed E-state index contributed by atoms with van der Waals surface area (Å²) in [6, 6.07) is 1.85. The van der Waals surface area contributed by atoms with Gasteiger partial charge in [0, 0.05) is 11.6 Å². The molecule has 1 heterocycles. The van der Waals surface area contributed by atoms with E-state index in [0.717, 1.165) is 31.2 Å². The van der Waals surface area contributed by atoms with Crippen molar-refractivity contribution in [3.05, 3.63) is 23.0 Å². The molecule has 0 aliphatic heterocycles. The number of amides is 1. The van der Waals surface area contributed by atoms with Gasteiger partial charge in [0.25, 0.3) is 0 Å². The molecule has 4 heteroatoms. The first kappa shape index (κ1) is 12.4. The van der Waals surface area contributed by atoms with Crippen molar-refractivity contribution in [2.24, 2.45) is 5.41 Å². The molecular formula is C13H17ClN2O. The number of pyridine rings is 1. The molecule has 1 aromatic heterocycles. The lowest BCUT2D eigenvalue weighted by Crippen LogP contribution is -2.31. The summed E-state index contributed by atoms with van der Waals surface area (Å²) < 4.78 is 0. The lowest BCUT2D eigenvalue weighted by Gasteiger charge is -2.22. The van der Waals surface area contributed by atoms with Crippen molar-refractivity contribution in [3.63, 3.8) is 0 Å². The van der Waals surface area contributed by atoms with E-state index in [4.69, 9.17) is 11.6 Å². The monoisotopic (exact) mass is 252 g/mol. The van der Waals surface area contributed by atoms with Gasteiger partial charge in [-0.25, -0.2) is 4.98 Å². The first-order valence-corrected chi connectivity index (χ1v) is 6.33. The SMILES string of the molecule is Cc1cnc(Cl)c(NC(=O)C2(C)CCCC2)c1. The Kier molecular flexibility index (Phi) is 3.38. The van der Waals surface area contributed by atoms with Gasteiger partial charge in [0.2, 0.25) is 5.91 Å². The Morgan fingerprint density at radius 2 is 2.12 bits per heavy atom. The van der Waals surface area contributed by atoms with Crippen LogP contribution in [0.3, 0.4) is 0 Å². The summed E-state index contributed by atoms with van der Waals surface area (Å²) in [5, 5.41) is 3.25. The molecule has 1 aromatic rings. The number of aromatic nitrogens is 1. The molecule has 0 aromatic carbocycles. The summed E-state index contributed by atoms with van der Waals surface area (Å²) in [6.07, 6.45) is 5.86. The lowest BCUT2D eigenvalue weighted by atomic mass is 9.88. The normalized spacial score (nSPS) is 18.1. The smallest absolute Gasteiger partial charge is 0.230 e. The Labute approximate surface area is 107 Å². The number of halogens is 1. The molecule has 1 aliphatic rings. The zero-order valence-corrected chi connectivity index (χ0v) is 11.0. The van der Waals surface area contributed by atoms with Gasteiger partial charge < -0.3 is 5.32 Å². The van der Waals surface area contributed by atoms with Crippen molar-refractivity contribution >= 4 is 23.2 Å². The number of nitrogens with one attached hydrogen (secondary N) is 1. The molecule has 0 atom stereocenters. The minimum Gasteiger partial charge on any atom is -0.323 e. The largest absolute Gasteiger partial charge is 0.323 e. The van der Waals surface area contributed by atoms with Crippen molar-refractivity contribution in [3.8, 4) is 0 Å². The Morgan fingerprint density at radius 3 is 2.76 bits per heavy atom. The molecule has 0 unspecified atom stereocenters. The standard InChI is InChI=1S/C13H17ClN2O/c1-9-7-10(11(14)15-8-9)16-12(17)13(2)5-3-4-6-13/h7-8H,3-6H2,1-2H3,(H,16,17). The van der Waals surface area contributed by atoms with Crippen molar-refractivity contribution in [1.29, 1.82) is 0 Å². The van der Waals surface area contributed by atoms with Gasteiger partial charge in [-0.3, -0.25) is 4.79 Å². The molecule has 17 heavy (non-hydrogen) atoms. The molecule has 1 aliphatic carbocycles. The van der Waals surface area contributed by atoms with Crippen LogP contribution in [0.2, 0.25) is 5.15 Å². The van der Waals surface area contributed by atoms with Gasteiger partial charge in [0.15, 0.2) is 5.15 Å². The van der Waals surface area contributed by atoms with Crippen molar-refractivity contribution in [2.45, 2.75) is 39.5 Å². The predicted molar refractivity (Wildman–Crippen MR) is 69.2 cm³/mol. The van der Waals surface area contributed by atoms with Crippen LogP contribution in [-0.4, -0.2) is 10.9 Å². The van der Waals surface area contributed by atoms with E-state index < -0.39 is 0 Å². The van der Waals surface area contributed by atoms with Crippen LogP contribution in [0.5, 0.6) is 0 Å². The first-order chi connectivity index (χ1) is 8.01. The highest BCUT2D eigenvalue weighted by Gasteiger charge is 2.36. The second-order valence-corrected chi connectivity index (χ2v) is 5.43. The van der Waals surface area contributed by atoms with Crippen molar-refractivity contribution in [2.75, 3.05) is 5.32 Å². The first-order valence-electron chi connectivity index (χ1n) is 5.95. The Bertz CT molecular complexity index is 439. The third-order valence-electron chi connectivity index (χ3n) is 3.48. The fraction of sp³-hybridized carbons (Fsp3) is 0.538. The predicted octanol–water partition coefficient (Wildman–Crippen LogP) is 3.56. The molecular weight excluding hydrogens is 236 g/mol. The quantitative estimate of drug-likeness (QED) is 0.818. The second kappa shape index (κ2) is 4.65. The number of nitrogens with zero attached hydrogens (tertiary/aromatic N) is 1. The zero-order chi connectivity index (χ0) is 12.5. The second-order valence-electron chi connectivity index (χ2n) is 5.07. The van der Waals surface area contributed by atoms with Crippen LogP contribution in [0.4, 0.5) is 5.69 Å². The zero-order valence-electron chi connectivity index (χ0n) is 10.2. The summed E-state index contributed by atoms with van der Waals surface area (Å²) in [6.45, 7) is 3.95. The van der Waals surface area contributed by atoms with Gasteiger partial charge in [-0.05, 0) is 31.4 Å². The molecule has 0 spiro atoms. The summed E-state index contributed by atoms with van der Waals surface area (Å²) in [7, 11) is 0. The molecule has 0 bridgehead atoms. The van der Waals surface area contributed by atoms with Crippen LogP contribution >= 0.6 is 11.6 Å². The average molecular weight is 253 g/mol. The van der Waals surface area contributed by atoms with Crippen LogP contribution in [0.1, 0.15) is 38.2 Å². The molecule has 0 saturated heterocycles. The fourth-order valence-electron chi connectivity index (χ4n) is 2.30. The minimum absolute atomic E-state index is 0.0595. The third kappa shape index (κ3) is 2.60. The van der Waals surface area contributed by atoms with E-state index in [0.29, 0.717) is 10.8 Å². The minimum atomic E-state index is -0.243. The average Bonchev–Trinajstić information content (AvgIpc) is 2.72. The molecule has 1 saturated carbocycles. The van der Waals surface area contributed by atoms with Crippen LogP contribution in [0.25, 0.3) is 0 Å². The number of rotatable bonds is 2. The van der Waals surface area contributed by atoms with Gasteiger partial charge in [-0.2, -0.15) is 0 Å². The number of anilines is 1. The third-order valence-corrected chi connectivity index (χ3v) is 3.78. The molecule has 2 rings (SSSR count). The van der Waals surface area contributed by atoms with Gasteiger partial charge in [0.1, 0.15) is 0 Å². The molecule has 1 amide bonds. The molecule has 1 N–H and O–H groups in total. The molecule has 3 nitrogen and oxygen atoms in total. The van der Waals surface area contributed by atoms with E-state index in [1.165, 1.54) is 0 Å². The number of hydrogen-bond acceptors (Lipinski definition) is 2. The molecule has 1 fully saturated rings. The van der Waals surface area contributed by atoms with Crippen LogP contribution < -0.4 is 5.32 Å². The Morgan fingerprint density at radius 1 is 1.47 bits per heavy atom. The summed E-state index contributed by atoms with van der Waals surface area (Å²) in [4.78, 5) is 16.2. The fourth-order valence-corrected chi connectivity index (χ4v) is 2.45. The Balaban J connectivity index is 2.15.